The van der Waals surface area contributed by atoms with Crippen molar-refractivity contribution in [2.45, 2.75) is 117 Å². The maximum absolute atomic E-state index is 12.2. The number of nitrogens with one attached hydrogen (secondary N) is 2. The Morgan fingerprint density at radius 1 is 0.775 bits per heavy atom. The van der Waals surface area contributed by atoms with Crippen LogP contribution in [0.3, 0.4) is 0 Å². The molecule has 3 aromatic rings. The number of thiazole rings is 2. The van der Waals surface area contributed by atoms with Gasteiger partial charge in [0, 0.05) is 17.4 Å². The first-order valence-corrected chi connectivity index (χ1v) is 25.6. The smallest absolute Gasteiger partial charge is 0.413 e. The number of benzene rings is 1. The van der Waals surface area contributed by atoms with E-state index in [1.807, 2.05) is 13.0 Å². The van der Waals surface area contributed by atoms with Crippen LogP contribution in [-0.2, 0) is 62.5 Å². The highest BCUT2D eigenvalue weighted by molar-refractivity contribution is 7.85. The van der Waals surface area contributed by atoms with E-state index in [-0.39, 0.29) is 83.9 Å². The van der Waals surface area contributed by atoms with Crippen LogP contribution in [0.2, 0.25) is 0 Å². The molecule has 1 unspecified atom stereocenters. The fourth-order valence-electron chi connectivity index (χ4n) is 4.96. The van der Waals surface area contributed by atoms with Gasteiger partial charge in [-0.2, -0.15) is 8.42 Å². The van der Waals surface area contributed by atoms with Crippen molar-refractivity contribution in [2.75, 3.05) is 63.5 Å². The molecule has 2 aliphatic heterocycles. The third kappa shape index (κ3) is 27.4. The monoisotopic (exact) mass is 1060 g/mol. The summed E-state index contributed by atoms with van der Waals surface area (Å²) < 4.78 is 65.7. The Morgan fingerprint density at radius 3 is 1.68 bits per heavy atom. The molecule has 23 nitrogen and oxygen atoms in total. The van der Waals surface area contributed by atoms with Crippen LogP contribution < -0.4 is 10.6 Å². The molecular formula is C45H66N6O17S3. The Balaban J connectivity index is 0.000000370. The van der Waals surface area contributed by atoms with Crippen molar-refractivity contribution in [3.8, 4) is 0 Å². The SMILES string of the molecule is C1=COCCC1.CCOC(=O)C(=NOCCO)c1csc(NC(=O)OC(C)(C)C)n1.CCOC(=O)C(=NOCCOC1CCCCO1)c1csc(NC(=O)OC(C)(C)C)n1.Cc1ccc(S(=O)(=O)O)cc1. The summed E-state index contributed by atoms with van der Waals surface area (Å²) in [5.41, 5.74) is -0.167. The minimum atomic E-state index is -4.02. The van der Waals surface area contributed by atoms with Gasteiger partial charge in [-0.15, -0.1) is 22.7 Å². The van der Waals surface area contributed by atoms with E-state index in [2.05, 4.69) is 30.9 Å². The number of hydrogen-bond acceptors (Lipinski definition) is 22. The average molecular weight is 1060 g/mol. The number of oxime groups is 2. The quantitative estimate of drug-likeness (QED) is 0.0252. The highest BCUT2D eigenvalue weighted by Crippen LogP contribution is 2.20. The first-order valence-electron chi connectivity index (χ1n) is 22.4. The van der Waals surface area contributed by atoms with E-state index in [0.717, 1.165) is 54.1 Å². The summed E-state index contributed by atoms with van der Waals surface area (Å²) in [6.07, 6.45) is 7.64. The summed E-state index contributed by atoms with van der Waals surface area (Å²) in [5.74, 6) is -1.40. The molecule has 0 saturated carbocycles. The molecule has 1 atom stereocenters. The number of carbonyl (C=O) groups excluding carboxylic acids is 4. The Bertz CT molecular complexity index is 2270. The third-order valence-electron chi connectivity index (χ3n) is 7.90. The van der Waals surface area contributed by atoms with Crippen LogP contribution in [0.1, 0.15) is 104 Å². The van der Waals surface area contributed by atoms with Gasteiger partial charge in [0.1, 0.15) is 35.8 Å². The number of aliphatic hydroxyl groups is 1. The molecule has 1 fully saturated rings. The minimum absolute atomic E-state index is 0.0666. The van der Waals surface area contributed by atoms with Crippen molar-refractivity contribution in [1.82, 2.24) is 9.97 Å². The number of nitrogens with zero attached hydrogens (tertiary/aromatic N) is 4. The van der Waals surface area contributed by atoms with E-state index in [1.165, 1.54) is 30.4 Å². The van der Waals surface area contributed by atoms with Gasteiger partial charge in [0.25, 0.3) is 10.1 Å². The van der Waals surface area contributed by atoms with Crippen LogP contribution in [0.5, 0.6) is 0 Å². The van der Waals surface area contributed by atoms with Gasteiger partial charge in [-0.1, -0.05) is 28.0 Å². The normalized spacial score (nSPS) is 14.8. The van der Waals surface area contributed by atoms with E-state index in [1.54, 1.807) is 79.2 Å². The number of allylic oxidation sites excluding steroid dienone is 1. The van der Waals surface area contributed by atoms with Gasteiger partial charge < -0.3 is 47.9 Å². The topological polar surface area (TPSA) is 301 Å². The molecule has 0 spiro atoms. The van der Waals surface area contributed by atoms with E-state index in [4.69, 9.17) is 52.5 Å². The molecule has 1 aromatic carbocycles. The number of anilines is 2. The summed E-state index contributed by atoms with van der Waals surface area (Å²) in [5, 5.41) is 24.8. The first-order chi connectivity index (χ1) is 33.5. The van der Waals surface area contributed by atoms with Gasteiger partial charge in [-0.05, 0) is 113 Å². The van der Waals surface area contributed by atoms with Crippen LogP contribution in [-0.4, -0.2) is 134 Å². The second-order valence-electron chi connectivity index (χ2n) is 16.4. The van der Waals surface area contributed by atoms with Crippen molar-refractivity contribution in [2.24, 2.45) is 10.3 Å². The number of amides is 2. The Labute approximate surface area is 422 Å². The fraction of sp³-hybridized carbons (Fsp3) is 0.556. The lowest BCUT2D eigenvalue weighted by Gasteiger charge is -2.22. The molecule has 1 saturated heterocycles. The van der Waals surface area contributed by atoms with Crippen LogP contribution in [0.15, 0.2) is 62.6 Å². The van der Waals surface area contributed by atoms with Crippen molar-refractivity contribution >= 4 is 78.6 Å². The maximum Gasteiger partial charge on any atom is 0.413 e. The number of ether oxygens (including phenoxy) is 7. The molecular weight excluding hydrogens is 993 g/mol. The number of carbonyl (C=O) groups is 4. The lowest BCUT2D eigenvalue weighted by molar-refractivity contribution is -0.169. The molecule has 0 aliphatic carbocycles. The van der Waals surface area contributed by atoms with E-state index >= 15 is 0 Å². The summed E-state index contributed by atoms with van der Waals surface area (Å²) in [7, 11) is -4.02. The summed E-state index contributed by atoms with van der Waals surface area (Å²) in [6.45, 7) is 17.7. The lowest BCUT2D eigenvalue weighted by Crippen LogP contribution is -2.27. The molecule has 2 aliphatic rings. The zero-order chi connectivity index (χ0) is 52.9. The second kappa shape index (κ2) is 32.3. The van der Waals surface area contributed by atoms with Gasteiger partial charge in [-0.25, -0.2) is 29.1 Å². The molecule has 396 valence electrons. The van der Waals surface area contributed by atoms with Gasteiger partial charge in [0.05, 0.1) is 44.2 Å². The molecule has 4 N–H and O–H groups in total. The molecule has 4 heterocycles. The number of esters is 2. The van der Waals surface area contributed by atoms with Crippen LogP contribution in [0.4, 0.5) is 19.9 Å². The summed E-state index contributed by atoms with van der Waals surface area (Å²) in [4.78, 5) is 66.0. The van der Waals surface area contributed by atoms with Gasteiger partial charge in [-0.3, -0.25) is 15.2 Å². The number of aromatic nitrogens is 2. The fourth-order valence-corrected chi connectivity index (χ4v) is 6.80. The number of aliphatic hydroxyl groups excluding tert-OH is 1. The second-order valence-corrected chi connectivity index (χ2v) is 19.5. The van der Waals surface area contributed by atoms with Crippen molar-refractivity contribution in [1.29, 1.82) is 0 Å². The molecule has 0 radical (unpaired) electrons. The molecule has 2 amide bonds. The Morgan fingerprint density at radius 2 is 1.30 bits per heavy atom. The minimum Gasteiger partial charge on any atom is -0.502 e. The third-order valence-corrected chi connectivity index (χ3v) is 10.3. The first kappa shape index (κ1) is 61.3. The predicted octanol–water partition coefficient (Wildman–Crippen LogP) is 7.64. The molecule has 5 rings (SSSR count). The number of rotatable bonds is 17. The van der Waals surface area contributed by atoms with Gasteiger partial charge >= 0.3 is 24.1 Å². The van der Waals surface area contributed by atoms with Crippen molar-refractivity contribution < 1.29 is 80.1 Å². The zero-order valence-electron chi connectivity index (χ0n) is 41.4. The van der Waals surface area contributed by atoms with Crippen molar-refractivity contribution in [3.05, 3.63) is 64.3 Å². The molecule has 26 heteroatoms. The number of aryl methyl sites for hydroxylation is 1. The number of hydrogen-bond donors (Lipinski definition) is 4. The maximum atomic E-state index is 12.2. The highest BCUT2D eigenvalue weighted by atomic mass is 32.2. The van der Waals surface area contributed by atoms with E-state index < -0.39 is 45.4 Å². The van der Waals surface area contributed by atoms with Crippen molar-refractivity contribution in [3.63, 3.8) is 0 Å². The predicted molar refractivity (Wildman–Crippen MR) is 264 cm³/mol. The Kier molecular flexibility index (Phi) is 27.9. The van der Waals surface area contributed by atoms with Gasteiger partial charge in [0.2, 0.25) is 11.4 Å². The van der Waals surface area contributed by atoms with E-state index in [0.29, 0.717) is 6.61 Å². The molecule has 0 bridgehead atoms. The highest BCUT2D eigenvalue weighted by Gasteiger charge is 2.24. The summed E-state index contributed by atoms with van der Waals surface area (Å²) >= 11 is 2.21. The molecule has 2 aromatic heterocycles. The Hall–Kier alpha value is -5.77. The van der Waals surface area contributed by atoms with Gasteiger partial charge in [0.15, 0.2) is 16.6 Å². The standard InChI is InChI=1S/C19H29N3O7S.C14H21N3O6S.C7H8O3S.C5H8O/c1-5-25-16(23)15(22-28-11-10-27-14-8-6-7-9-26-14)13-12-30-17(20-13)21-18(24)29-19(2,3)4;1-5-21-11(19)10(17-22-7-6-18)9-8-24-12(15-9)16-13(20)23-14(2,3)4;1-6-2-4-7(5-3-6)11(8,9)10;1-2-4-6-5-3-1/h12,14H,5-11H2,1-4H3,(H,20,21,24);8,18H,5-7H2,1-4H3,(H,15,16,20);2-5H,1H3,(H,8,9,10);2,4H,1,3,5H2. The van der Waals surface area contributed by atoms with E-state index in [9.17, 15) is 27.6 Å². The largest absolute Gasteiger partial charge is 0.502 e. The van der Waals surface area contributed by atoms with Crippen LogP contribution in [0, 0.1) is 6.92 Å². The molecule has 71 heavy (non-hydrogen) atoms. The lowest BCUT2D eigenvalue weighted by atomic mass is 10.2. The average Bonchev–Trinajstić information content (AvgIpc) is 3.96. The van der Waals surface area contributed by atoms with Crippen LogP contribution in [0.25, 0.3) is 0 Å². The summed E-state index contributed by atoms with van der Waals surface area (Å²) in [6, 6.07) is 5.99. The van der Waals surface area contributed by atoms with Crippen LogP contribution >= 0.6 is 22.7 Å². The zero-order valence-corrected chi connectivity index (χ0v) is 43.9.